The van der Waals surface area contributed by atoms with Crippen LogP contribution < -0.4 is 0 Å². The van der Waals surface area contributed by atoms with Crippen LogP contribution in [0.5, 0.6) is 0 Å². The molecule has 0 amide bonds. The molecule has 8 nitrogen and oxygen atoms in total. The number of carbonyl (C=O) groups excluding carboxylic acids is 2. The molecule has 2 unspecified atom stereocenters. The zero-order valence-corrected chi connectivity index (χ0v) is 38.6. The number of ether oxygens (including phenoxy) is 3. The number of unbranched alkanes of at least 4 members (excludes halogenated alkanes) is 31. The molecule has 0 bridgehead atoms. The number of rotatable bonds is 45. The minimum absolute atomic E-state index is 0.0418. The van der Waals surface area contributed by atoms with E-state index < -0.39 is 18.1 Å². The lowest BCUT2D eigenvalue weighted by Gasteiger charge is -2.31. The molecule has 0 saturated heterocycles. The van der Waals surface area contributed by atoms with Gasteiger partial charge in [-0.1, -0.05) is 213 Å². The maximum absolute atomic E-state index is 12.7. The highest BCUT2D eigenvalue weighted by atomic mass is 16.6. The number of nitrogens with zero attached hydrogens (tertiary/aromatic N) is 1. The van der Waals surface area contributed by atoms with Gasteiger partial charge < -0.3 is 23.8 Å². The van der Waals surface area contributed by atoms with Crippen molar-refractivity contribution in [3.63, 3.8) is 0 Å². The summed E-state index contributed by atoms with van der Waals surface area (Å²) in [5, 5.41) is 9.62. The van der Waals surface area contributed by atoms with Gasteiger partial charge in [0.2, 0.25) is 0 Å². The van der Waals surface area contributed by atoms with Crippen LogP contribution in [0.25, 0.3) is 0 Å². The Bertz CT molecular complexity index is 905. The van der Waals surface area contributed by atoms with Crippen LogP contribution in [-0.2, 0) is 28.6 Å². The van der Waals surface area contributed by atoms with E-state index in [0.29, 0.717) is 19.3 Å². The summed E-state index contributed by atoms with van der Waals surface area (Å²) < 4.78 is 17.3. The van der Waals surface area contributed by atoms with E-state index in [0.717, 1.165) is 38.5 Å². The van der Waals surface area contributed by atoms with Crippen LogP contribution in [0.2, 0.25) is 0 Å². The summed E-state index contributed by atoms with van der Waals surface area (Å²) in [6.45, 7) is 4.78. The summed E-state index contributed by atoms with van der Waals surface area (Å²) in [7, 11) is 5.54. The van der Waals surface area contributed by atoms with E-state index in [1.165, 1.54) is 173 Å². The first kappa shape index (κ1) is 55.3. The van der Waals surface area contributed by atoms with Gasteiger partial charge in [0.05, 0.1) is 34.4 Å². The van der Waals surface area contributed by atoms with Gasteiger partial charge in [-0.2, -0.15) is 0 Å². The van der Waals surface area contributed by atoms with Crippen LogP contribution in [0.3, 0.4) is 0 Å². The van der Waals surface area contributed by atoms with Gasteiger partial charge in [-0.25, -0.2) is 4.79 Å². The minimum atomic E-state index is -0.870. The average molecular weight is 811 g/mol. The van der Waals surface area contributed by atoms with Crippen LogP contribution in [0, 0.1) is 0 Å². The first-order valence-electron chi connectivity index (χ1n) is 24.6. The highest BCUT2D eigenvalue weighted by Gasteiger charge is 2.31. The van der Waals surface area contributed by atoms with E-state index in [-0.39, 0.29) is 36.2 Å². The number of carboxylic acids is 1. The lowest BCUT2D eigenvalue weighted by atomic mass is 10.0. The van der Waals surface area contributed by atoms with Gasteiger partial charge in [0.25, 0.3) is 0 Å². The van der Waals surface area contributed by atoms with Crippen molar-refractivity contribution >= 4 is 17.9 Å². The Kier molecular flexibility index (Phi) is 39.9. The molecular weight excluding hydrogens is 715 g/mol. The van der Waals surface area contributed by atoms with Crippen LogP contribution in [0.4, 0.5) is 0 Å². The fourth-order valence-corrected chi connectivity index (χ4v) is 7.68. The average Bonchev–Trinajstić information content (AvgIpc) is 3.17. The largest absolute Gasteiger partial charge is 0.477 e. The quantitative estimate of drug-likeness (QED) is 0.0371. The van der Waals surface area contributed by atoms with E-state index in [9.17, 15) is 19.5 Å². The molecule has 0 heterocycles. The van der Waals surface area contributed by atoms with Gasteiger partial charge in [0.1, 0.15) is 6.61 Å². The lowest BCUT2D eigenvalue weighted by Crippen LogP contribution is -2.50. The van der Waals surface area contributed by atoms with Gasteiger partial charge in [0.15, 0.2) is 12.1 Å². The Morgan fingerprint density at radius 3 is 1.09 bits per heavy atom. The van der Waals surface area contributed by atoms with Crippen molar-refractivity contribution in [2.24, 2.45) is 0 Å². The monoisotopic (exact) mass is 811 g/mol. The normalized spacial score (nSPS) is 12.8. The molecule has 0 spiro atoms. The first-order chi connectivity index (χ1) is 27.6. The van der Waals surface area contributed by atoms with Crippen molar-refractivity contribution in [2.45, 2.75) is 257 Å². The maximum Gasteiger partial charge on any atom is 0.362 e. The molecule has 57 heavy (non-hydrogen) atoms. The number of quaternary nitrogens is 1. The molecule has 338 valence electrons. The fraction of sp³-hybridized carbons (Fsp3) is 0.939. The number of carboxylic acid groups (broad SMARTS) is 1. The Labute approximate surface area is 353 Å². The molecule has 2 atom stereocenters. The fourth-order valence-electron chi connectivity index (χ4n) is 7.68. The minimum Gasteiger partial charge on any atom is -0.477 e. The maximum atomic E-state index is 12.7. The van der Waals surface area contributed by atoms with E-state index in [2.05, 4.69) is 13.8 Å². The van der Waals surface area contributed by atoms with Crippen molar-refractivity contribution in [1.29, 1.82) is 0 Å². The second-order valence-corrected chi connectivity index (χ2v) is 18.1. The third-order valence-electron chi connectivity index (χ3n) is 11.5. The number of hydrogen-bond donors (Lipinski definition) is 1. The summed E-state index contributed by atoms with van der Waals surface area (Å²) in [5.74, 6) is -1.44. The number of esters is 2. The number of aliphatic carboxylic acids is 1. The summed E-state index contributed by atoms with van der Waals surface area (Å²) >= 11 is 0. The Hall–Kier alpha value is -1.67. The van der Waals surface area contributed by atoms with Crippen molar-refractivity contribution in [2.75, 3.05) is 41.0 Å². The zero-order chi connectivity index (χ0) is 42.1. The van der Waals surface area contributed by atoms with E-state index in [4.69, 9.17) is 14.2 Å². The van der Waals surface area contributed by atoms with Crippen molar-refractivity contribution < 1.29 is 38.2 Å². The van der Waals surface area contributed by atoms with Crippen molar-refractivity contribution in [3.8, 4) is 0 Å². The SMILES string of the molecule is CCCCCCCCCCCCCCCCCCCCCCCCC(=O)OCC(COCCC(C(=O)O)[N+](C)(C)C)OC(=O)CCCCCCCCCCCCC. The topological polar surface area (TPSA) is 99.1 Å². The van der Waals surface area contributed by atoms with Crippen LogP contribution >= 0.6 is 0 Å². The van der Waals surface area contributed by atoms with Crippen molar-refractivity contribution in [3.05, 3.63) is 0 Å². The molecule has 1 N–H and O–H groups in total. The van der Waals surface area contributed by atoms with Crippen LogP contribution in [0.1, 0.15) is 245 Å². The van der Waals surface area contributed by atoms with Gasteiger partial charge in [-0.05, 0) is 12.8 Å². The molecule has 0 rings (SSSR count). The Balaban J connectivity index is 4.12. The molecule has 0 aromatic heterocycles. The predicted molar refractivity (Wildman–Crippen MR) is 239 cm³/mol. The molecule has 0 radical (unpaired) electrons. The van der Waals surface area contributed by atoms with Crippen molar-refractivity contribution in [1.82, 2.24) is 0 Å². The number of carbonyl (C=O) groups is 3. The second kappa shape index (κ2) is 41.1. The third-order valence-corrected chi connectivity index (χ3v) is 11.5. The lowest BCUT2D eigenvalue weighted by molar-refractivity contribution is -0.887. The Morgan fingerprint density at radius 1 is 0.456 bits per heavy atom. The van der Waals surface area contributed by atoms with Crippen LogP contribution in [-0.4, -0.2) is 80.6 Å². The van der Waals surface area contributed by atoms with E-state index >= 15 is 0 Å². The predicted octanol–water partition coefficient (Wildman–Crippen LogP) is 13.7. The molecule has 0 aromatic carbocycles. The highest BCUT2D eigenvalue weighted by molar-refractivity contribution is 5.72. The third kappa shape index (κ3) is 39.6. The molecule has 8 heteroatoms. The Morgan fingerprint density at radius 2 is 0.772 bits per heavy atom. The highest BCUT2D eigenvalue weighted by Crippen LogP contribution is 2.17. The van der Waals surface area contributed by atoms with Gasteiger partial charge in [-0.3, -0.25) is 9.59 Å². The van der Waals surface area contributed by atoms with Gasteiger partial charge >= 0.3 is 17.9 Å². The van der Waals surface area contributed by atoms with Crippen LogP contribution in [0.15, 0.2) is 0 Å². The molecule has 0 aliphatic heterocycles. The summed E-state index contributed by atoms with van der Waals surface area (Å²) in [6, 6.07) is -0.608. The number of likely N-dealkylation sites (N-methyl/N-ethyl adjacent to an activating group) is 1. The summed E-state index contributed by atoms with van der Waals surface area (Å²) in [5.41, 5.74) is 0. The molecular formula is C49H96NO7+. The van der Waals surface area contributed by atoms with E-state index in [1.807, 2.05) is 21.1 Å². The molecule has 0 saturated carbocycles. The van der Waals surface area contributed by atoms with E-state index in [1.54, 1.807) is 0 Å². The summed E-state index contributed by atoms with van der Waals surface area (Å²) in [4.78, 5) is 37.0. The second-order valence-electron chi connectivity index (χ2n) is 18.1. The zero-order valence-electron chi connectivity index (χ0n) is 38.6. The van der Waals surface area contributed by atoms with Gasteiger partial charge in [0, 0.05) is 19.3 Å². The molecule has 0 aromatic rings. The molecule has 0 fully saturated rings. The standard InChI is InChI=1S/C49H95NO7/c1-6-8-10-12-14-16-18-19-20-21-22-23-24-25-26-27-28-30-31-33-35-37-39-47(51)56-44-45(43-55-42-41-46(49(53)54)50(3,4)5)57-48(52)40-38-36-34-32-29-17-15-13-11-9-7-2/h45-46H,6-44H2,1-5H3/p+1. The molecule has 0 aliphatic carbocycles. The summed E-state index contributed by atoms with van der Waals surface area (Å²) in [6.07, 6.45) is 43.0. The number of hydrogen-bond acceptors (Lipinski definition) is 6. The molecule has 0 aliphatic rings. The smallest absolute Gasteiger partial charge is 0.362 e. The first-order valence-corrected chi connectivity index (χ1v) is 24.6. The van der Waals surface area contributed by atoms with Gasteiger partial charge in [-0.15, -0.1) is 0 Å².